The highest BCUT2D eigenvalue weighted by Crippen LogP contribution is 2.44. The first kappa shape index (κ1) is 17.1. The summed E-state index contributed by atoms with van der Waals surface area (Å²) in [4.78, 5) is 18.3. The Morgan fingerprint density at radius 1 is 1.04 bits per heavy atom. The zero-order valence-corrected chi connectivity index (χ0v) is 15.5. The Balaban J connectivity index is 1.57. The molecule has 3 heterocycles. The highest BCUT2D eigenvalue weighted by atomic mass is 16.7. The molecular formula is C22H22N2O4. The SMILES string of the molecule is O=C(CC(c1cccc2c1OCO2)c1c[nH]c2ccccc12)N1CCOCC1. The number of ether oxygens (including phenoxy) is 3. The molecule has 2 aromatic carbocycles. The van der Waals surface area contributed by atoms with Gasteiger partial charge in [-0.3, -0.25) is 4.79 Å². The van der Waals surface area contributed by atoms with Crippen molar-refractivity contribution in [1.82, 2.24) is 9.88 Å². The van der Waals surface area contributed by atoms with Crippen LogP contribution < -0.4 is 9.47 Å². The van der Waals surface area contributed by atoms with Gasteiger partial charge in [-0.05, 0) is 17.7 Å². The number of hydrogen-bond donors (Lipinski definition) is 1. The summed E-state index contributed by atoms with van der Waals surface area (Å²) in [6.45, 7) is 2.70. The number of aromatic amines is 1. The van der Waals surface area contributed by atoms with E-state index in [9.17, 15) is 4.79 Å². The van der Waals surface area contributed by atoms with Gasteiger partial charge in [0.25, 0.3) is 0 Å². The van der Waals surface area contributed by atoms with E-state index in [4.69, 9.17) is 14.2 Å². The van der Waals surface area contributed by atoms with Gasteiger partial charge in [0.15, 0.2) is 11.5 Å². The van der Waals surface area contributed by atoms with E-state index in [2.05, 4.69) is 17.1 Å². The minimum absolute atomic E-state index is 0.122. The molecule has 5 rings (SSSR count). The van der Waals surface area contributed by atoms with Gasteiger partial charge in [-0.15, -0.1) is 0 Å². The Morgan fingerprint density at radius 2 is 1.89 bits per heavy atom. The van der Waals surface area contributed by atoms with E-state index < -0.39 is 0 Å². The Hall–Kier alpha value is -2.99. The second-order valence-corrected chi connectivity index (χ2v) is 7.12. The quantitative estimate of drug-likeness (QED) is 0.757. The zero-order valence-electron chi connectivity index (χ0n) is 15.5. The average Bonchev–Trinajstić information content (AvgIpc) is 3.39. The summed E-state index contributed by atoms with van der Waals surface area (Å²) in [6, 6.07) is 14.1. The number of nitrogens with one attached hydrogen (secondary N) is 1. The van der Waals surface area contributed by atoms with Gasteiger partial charge in [0.1, 0.15) is 0 Å². The van der Waals surface area contributed by atoms with Gasteiger partial charge in [0.2, 0.25) is 12.7 Å². The van der Waals surface area contributed by atoms with E-state index in [1.165, 1.54) is 0 Å². The van der Waals surface area contributed by atoms with Crippen molar-refractivity contribution < 1.29 is 19.0 Å². The van der Waals surface area contributed by atoms with Crippen LogP contribution in [0.5, 0.6) is 11.5 Å². The Morgan fingerprint density at radius 3 is 2.79 bits per heavy atom. The van der Waals surface area contributed by atoms with E-state index in [0.29, 0.717) is 32.7 Å². The summed E-state index contributed by atoms with van der Waals surface area (Å²) in [5.74, 6) is 1.49. The number of benzene rings is 2. The van der Waals surface area contributed by atoms with Crippen LogP contribution in [0.2, 0.25) is 0 Å². The lowest BCUT2D eigenvalue weighted by atomic mass is 9.87. The molecule has 0 aliphatic carbocycles. The van der Waals surface area contributed by atoms with Gasteiger partial charge in [0.05, 0.1) is 13.2 Å². The van der Waals surface area contributed by atoms with Crippen molar-refractivity contribution in [2.45, 2.75) is 12.3 Å². The number of H-pyrrole nitrogens is 1. The van der Waals surface area contributed by atoms with E-state index in [1.54, 1.807) is 0 Å². The van der Waals surface area contributed by atoms with Crippen molar-refractivity contribution in [2.75, 3.05) is 33.1 Å². The third-order valence-corrected chi connectivity index (χ3v) is 5.54. The number of carbonyl (C=O) groups is 1. The monoisotopic (exact) mass is 378 g/mol. The topological polar surface area (TPSA) is 63.8 Å². The van der Waals surface area contributed by atoms with Gasteiger partial charge < -0.3 is 24.1 Å². The lowest BCUT2D eigenvalue weighted by molar-refractivity contribution is -0.135. The molecule has 0 spiro atoms. The molecule has 1 aromatic heterocycles. The Bertz CT molecular complexity index is 1010. The molecule has 6 nitrogen and oxygen atoms in total. The van der Waals surface area contributed by atoms with Crippen molar-refractivity contribution >= 4 is 16.8 Å². The summed E-state index contributed by atoms with van der Waals surface area (Å²) >= 11 is 0. The highest BCUT2D eigenvalue weighted by molar-refractivity contribution is 5.86. The second-order valence-electron chi connectivity index (χ2n) is 7.12. The van der Waals surface area contributed by atoms with Crippen molar-refractivity contribution in [2.24, 2.45) is 0 Å². The van der Waals surface area contributed by atoms with Crippen LogP contribution >= 0.6 is 0 Å². The molecule has 144 valence electrons. The fourth-order valence-corrected chi connectivity index (χ4v) is 4.11. The fourth-order valence-electron chi connectivity index (χ4n) is 4.11. The number of morpholine rings is 1. The minimum Gasteiger partial charge on any atom is -0.454 e. The molecule has 1 fully saturated rings. The molecule has 2 aliphatic heterocycles. The van der Waals surface area contributed by atoms with Crippen molar-refractivity contribution in [1.29, 1.82) is 0 Å². The Labute approximate surface area is 163 Å². The molecule has 6 heteroatoms. The molecule has 28 heavy (non-hydrogen) atoms. The zero-order chi connectivity index (χ0) is 18.9. The maximum absolute atomic E-state index is 13.1. The van der Waals surface area contributed by atoms with Crippen molar-refractivity contribution in [3.05, 3.63) is 59.8 Å². The van der Waals surface area contributed by atoms with Gasteiger partial charge in [-0.1, -0.05) is 30.3 Å². The minimum atomic E-state index is -0.122. The molecule has 0 bridgehead atoms. The number of rotatable bonds is 4. The molecule has 1 amide bonds. The van der Waals surface area contributed by atoms with Crippen molar-refractivity contribution in [3.8, 4) is 11.5 Å². The lowest BCUT2D eigenvalue weighted by Gasteiger charge is -2.29. The van der Waals surface area contributed by atoms with Crippen LogP contribution in [0.4, 0.5) is 0 Å². The average molecular weight is 378 g/mol. The summed E-state index contributed by atoms with van der Waals surface area (Å²) in [6.07, 6.45) is 2.39. The lowest BCUT2D eigenvalue weighted by Crippen LogP contribution is -2.41. The third-order valence-electron chi connectivity index (χ3n) is 5.54. The van der Waals surface area contributed by atoms with Gasteiger partial charge >= 0.3 is 0 Å². The smallest absolute Gasteiger partial charge is 0.231 e. The maximum Gasteiger partial charge on any atom is 0.231 e. The highest BCUT2D eigenvalue weighted by Gasteiger charge is 2.30. The summed E-state index contributed by atoms with van der Waals surface area (Å²) in [5, 5.41) is 1.12. The van der Waals surface area contributed by atoms with Gasteiger partial charge in [0, 0.05) is 48.1 Å². The third kappa shape index (κ3) is 2.99. The summed E-state index contributed by atoms with van der Waals surface area (Å²) in [7, 11) is 0. The number of hydrogen-bond acceptors (Lipinski definition) is 4. The summed E-state index contributed by atoms with van der Waals surface area (Å²) < 4.78 is 16.7. The molecule has 1 N–H and O–H groups in total. The predicted molar refractivity (Wildman–Crippen MR) is 105 cm³/mol. The van der Waals surface area contributed by atoms with E-state index >= 15 is 0 Å². The van der Waals surface area contributed by atoms with Crippen LogP contribution in [-0.4, -0.2) is 48.9 Å². The second kappa shape index (κ2) is 7.20. The largest absolute Gasteiger partial charge is 0.454 e. The number of amides is 1. The normalized spacial score (nSPS) is 17.1. The number of aromatic nitrogens is 1. The van der Waals surface area contributed by atoms with Gasteiger partial charge in [-0.25, -0.2) is 0 Å². The van der Waals surface area contributed by atoms with Gasteiger partial charge in [-0.2, -0.15) is 0 Å². The summed E-state index contributed by atoms with van der Waals surface area (Å²) in [5.41, 5.74) is 3.15. The molecule has 2 aliphatic rings. The van der Waals surface area contributed by atoms with Crippen LogP contribution in [0.3, 0.4) is 0 Å². The van der Waals surface area contributed by atoms with Crippen LogP contribution in [-0.2, 0) is 9.53 Å². The molecule has 0 radical (unpaired) electrons. The molecule has 3 aromatic rings. The number of fused-ring (bicyclic) bond motifs is 2. The molecule has 1 saturated heterocycles. The molecule has 1 atom stereocenters. The first-order valence-electron chi connectivity index (χ1n) is 9.61. The molecule has 0 saturated carbocycles. The first-order chi connectivity index (χ1) is 13.8. The van der Waals surface area contributed by atoms with Crippen LogP contribution in [0, 0.1) is 0 Å². The van der Waals surface area contributed by atoms with Crippen LogP contribution in [0.25, 0.3) is 10.9 Å². The molecular weight excluding hydrogens is 356 g/mol. The van der Waals surface area contributed by atoms with Crippen LogP contribution in [0.1, 0.15) is 23.5 Å². The van der Waals surface area contributed by atoms with E-state index in [0.717, 1.165) is 33.5 Å². The fraction of sp³-hybridized carbons (Fsp3) is 0.318. The van der Waals surface area contributed by atoms with E-state index in [1.807, 2.05) is 41.4 Å². The number of para-hydroxylation sites is 2. The van der Waals surface area contributed by atoms with E-state index in [-0.39, 0.29) is 18.6 Å². The number of carbonyl (C=O) groups excluding carboxylic acids is 1. The first-order valence-corrected chi connectivity index (χ1v) is 9.61. The van der Waals surface area contributed by atoms with Crippen LogP contribution in [0.15, 0.2) is 48.7 Å². The standard InChI is InChI=1S/C22H22N2O4/c25-21(24-8-10-26-11-9-24)12-17(16-5-3-7-20-22(16)28-14-27-20)18-13-23-19-6-2-1-4-15(18)19/h1-7,13,17,23H,8-12,14H2. The Kier molecular flexibility index (Phi) is 4.41. The van der Waals surface area contributed by atoms with Crippen molar-refractivity contribution in [3.63, 3.8) is 0 Å². The maximum atomic E-state index is 13.1. The molecule has 1 unspecified atom stereocenters. The number of nitrogens with zero attached hydrogens (tertiary/aromatic N) is 1. The predicted octanol–water partition coefficient (Wildman–Crippen LogP) is 3.28.